The van der Waals surface area contributed by atoms with Gasteiger partial charge in [0.15, 0.2) is 0 Å². The van der Waals surface area contributed by atoms with Crippen LogP contribution in [0.5, 0.6) is 5.75 Å². The lowest BCUT2D eigenvalue weighted by atomic mass is 9.96. The molecule has 1 amide bonds. The SMILES string of the molecule is COc1ccc(-c2nc3ccc(NC(=O)C(C)(C)C)cn3c2C)cc1. The topological polar surface area (TPSA) is 55.6 Å². The lowest BCUT2D eigenvalue weighted by molar-refractivity contribution is -0.123. The zero-order valence-corrected chi connectivity index (χ0v) is 15.3. The number of aryl methyl sites for hydroxylation is 1. The van der Waals surface area contributed by atoms with Gasteiger partial charge in [0.2, 0.25) is 5.91 Å². The van der Waals surface area contributed by atoms with E-state index in [0.29, 0.717) is 0 Å². The molecule has 0 aliphatic heterocycles. The number of nitrogens with zero attached hydrogens (tertiary/aromatic N) is 2. The van der Waals surface area contributed by atoms with Crippen LogP contribution in [0.1, 0.15) is 26.5 Å². The molecule has 0 bridgehead atoms. The van der Waals surface area contributed by atoms with E-state index < -0.39 is 5.41 Å². The summed E-state index contributed by atoms with van der Waals surface area (Å²) in [6.07, 6.45) is 1.91. The van der Waals surface area contributed by atoms with Gasteiger partial charge in [0.05, 0.1) is 18.5 Å². The number of imidazole rings is 1. The van der Waals surface area contributed by atoms with E-state index in [-0.39, 0.29) is 5.91 Å². The summed E-state index contributed by atoms with van der Waals surface area (Å²) in [6, 6.07) is 11.6. The Kier molecular flexibility index (Phi) is 4.25. The predicted molar refractivity (Wildman–Crippen MR) is 100 cm³/mol. The second-order valence-corrected chi connectivity index (χ2v) is 7.12. The predicted octanol–water partition coefficient (Wildman–Crippen LogP) is 4.30. The molecule has 0 spiro atoms. The zero-order chi connectivity index (χ0) is 18.2. The summed E-state index contributed by atoms with van der Waals surface area (Å²) in [5.41, 5.74) is 4.13. The molecule has 0 aliphatic rings. The molecule has 0 fully saturated rings. The van der Waals surface area contributed by atoms with Crippen molar-refractivity contribution in [1.82, 2.24) is 9.38 Å². The first-order valence-electron chi connectivity index (χ1n) is 8.24. The third-order valence-electron chi connectivity index (χ3n) is 4.16. The number of methoxy groups -OCH3 is 1. The minimum absolute atomic E-state index is 0.0139. The van der Waals surface area contributed by atoms with Crippen molar-refractivity contribution in [2.45, 2.75) is 27.7 Å². The average Bonchev–Trinajstić information content (AvgIpc) is 2.91. The van der Waals surface area contributed by atoms with Crippen LogP contribution < -0.4 is 10.1 Å². The Hall–Kier alpha value is -2.82. The fraction of sp³-hybridized carbons (Fsp3) is 0.300. The van der Waals surface area contributed by atoms with E-state index in [1.807, 2.05) is 74.7 Å². The lowest BCUT2D eigenvalue weighted by Crippen LogP contribution is -2.27. The van der Waals surface area contributed by atoms with Crippen LogP contribution in [-0.2, 0) is 4.79 Å². The van der Waals surface area contributed by atoms with Crippen LogP contribution in [0.4, 0.5) is 5.69 Å². The molecule has 0 saturated heterocycles. The molecule has 1 N–H and O–H groups in total. The van der Waals surface area contributed by atoms with Gasteiger partial charge in [-0.25, -0.2) is 4.98 Å². The van der Waals surface area contributed by atoms with E-state index >= 15 is 0 Å². The van der Waals surface area contributed by atoms with Crippen molar-refractivity contribution in [2.75, 3.05) is 12.4 Å². The maximum absolute atomic E-state index is 12.2. The number of anilines is 1. The molecule has 0 saturated carbocycles. The van der Waals surface area contributed by atoms with Gasteiger partial charge < -0.3 is 14.5 Å². The van der Waals surface area contributed by atoms with E-state index in [9.17, 15) is 4.79 Å². The van der Waals surface area contributed by atoms with Gasteiger partial charge in [-0.2, -0.15) is 0 Å². The molecule has 3 rings (SSSR count). The number of hydrogen-bond donors (Lipinski definition) is 1. The van der Waals surface area contributed by atoms with Crippen LogP contribution in [0.2, 0.25) is 0 Å². The van der Waals surface area contributed by atoms with Crippen molar-refractivity contribution in [3.8, 4) is 17.0 Å². The summed E-state index contributed by atoms with van der Waals surface area (Å²) in [5, 5.41) is 2.96. The van der Waals surface area contributed by atoms with Crippen LogP contribution in [0.25, 0.3) is 16.9 Å². The maximum Gasteiger partial charge on any atom is 0.229 e. The van der Waals surface area contributed by atoms with E-state index in [1.54, 1.807) is 7.11 Å². The number of benzene rings is 1. The lowest BCUT2D eigenvalue weighted by Gasteiger charge is -2.17. The molecule has 0 aliphatic carbocycles. The summed E-state index contributed by atoms with van der Waals surface area (Å²) in [7, 11) is 1.65. The van der Waals surface area contributed by atoms with Crippen molar-refractivity contribution >= 4 is 17.2 Å². The van der Waals surface area contributed by atoms with Crippen LogP contribution >= 0.6 is 0 Å². The summed E-state index contributed by atoms with van der Waals surface area (Å²) < 4.78 is 7.21. The number of ether oxygens (including phenoxy) is 1. The summed E-state index contributed by atoms with van der Waals surface area (Å²) in [4.78, 5) is 16.9. The molecule has 5 heteroatoms. The molecule has 0 unspecified atom stereocenters. The second kappa shape index (κ2) is 6.24. The Morgan fingerprint density at radius 2 is 1.80 bits per heavy atom. The monoisotopic (exact) mass is 337 g/mol. The number of hydrogen-bond acceptors (Lipinski definition) is 3. The molecular weight excluding hydrogens is 314 g/mol. The van der Waals surface area contributed by atoms with E-state index in [1.165, 1.54) is 0 Å². The summed E-state index contributed by atoms with van der Waals surface area (Å²) in [5.74, 6) is 0.803. The van der Waals surface area contributed by atoms with Crippen LogP contribution in [-0.4, -0.2) is 22.4 Å². The van der Waals surface area contributed by atoms with E-state index in [4.69, 9.17) is 9.72 Å². The first-order chi connectivity index (χ1) is 11.8. The van der Waals surface area contributed by atoms with Gasteiger partial charge in [0.25, 0.3) is 0 Å². The molecule has 5 nitrogen and oxygen atoms in total. The molecule has 0 radical (unpaired) electrons. The maximum atomic E-state index is 12.2. The highest BCUT2D eigenvalue weighted by atomic mass is 16.5. The number of carbonyl (C=O) groups excluding carboxylic acids is 1. The van der Waals surface area contributed by atoms with Crippen LogP contribution in [0, 0.1) is 12.3 Å². The van der Waals surface area contributed by atoms with Gasteiger partial charge in [0.1, 0.15) is 11.4 Å². The molecule has 1 aromatic carbocycles. The van der Waals surface area contributed by atoms with Crippen molar-refractivity contribution in [1.29, 1.82) is 0 Å². The summed E-state index contributed by atoms with van der Waals surface area (Å²) >= 11 is 0. The van der Waals surface area contributed by atoms with Gasteiger partial charge in [-0.15, -0.1) is 0 Å². The molecule has 0 atom stereocenters. The quantitative estimate of drug-likeness (QED) is 0.775. The van der Waals surface area contributed by atoms with Gasteiger partial charge in [-0.05, 0) is 43.3 Å². The Balaban J connectivity index is 1.98. The number of nitrogens with one attached hydrogen (secondary N) is 1. The van der Waals surface area contributed by atoms with Gasteiger partial charge >= 0.3 is 0 Å². The smallest absolute Gasteiger partial charge is 0.229 e. The van der Waals surface area contributed by atoms with Gasteiger partial charge in [-0.3, -0.25) is 4.79 Å². The largest absolute Gasteiger partial charge is 0.497 e. The number of rotatable bonds is 3. The second-order valence-electron chi connectivity index (χ2n) is 7.12. The Bertz CT molecular complexity index is 919. The highest BCUT2D eigenvalue weighted by molar-refractivity contribution is 5.94. The molecule has 3 aromatic rings. The highest BCUT2D eigenvalue weighted by Gasteiger charge is 2.21. The fourth-order valence-electron chi connectivity index (χ4n) is 2.58. The fourth-order valence-corrected chi connectivity index (χ4v) is 2.58. The van der Waals surface area contributed by atoms with Crippen molar-refractivity contribution in [3.63, 3.8) is 0 Å². The van der Waals surface area contributed by atoms with E-state index in [0.717, 1.165) is 34.0 Å². The van der Waals surface area contributed by atoms with E-state index in [2.05, 4.69) is 5.32 Å². The number of amides is 1. The van der Waals surface area contributed by atoms with Crippen molar-refractivity contribution in [3.05, 3.63) is 48.3 Å². The standard InChI is InChI=1S/C20H23N3O2/c1-13-18(14-6-9-16(25-5)10-7-14)22-17-11-8-15(12-23(13)17)21-19(24)20(2,3)4/h6-12H,1-5H3,(H,21,24). The zero-order valence-electron chi connectivity index (χ0n) is 15.3. The van der Waals surface area contributed by atoms with Crippen molar-refractivity contribution in [2.24, 2.45) is 5.41 Å². The normalized spacial score (nSPS) is 11.6. The highest BCUT2D eigenvalue weighted by Crippen LogP contribution is 2.27. The number of pyridine rings is 1. The molecule has 130 valence electrons. The van der Waals surface area contributed by atoms with Gasteiger partial charge in [-0.1, -0.05) is 20.8 Å². The first kappa shape index (κ1) is 17.0. The third kappa shape index (κ3) is 3.36. The Labute approximate surface area is 147 Å². The molecule has 2 aromatic heterocycles. The minimum atomic E-state index is -0.437. The Morgan fingerprint density at radius 3 is 2.40 bits per heavy atom. The van der Waals surface area contributed by atoms with Crippen LogP contribution in [0.15, 0.2) is 42.6 Å². The van der Waals surface area contributed by atoms with Crippen molar-refractivity contribution < 1.29 is 9.53 Å². The van der Waals surface area contributed by atoms with Crippen LogP contribution in [0.3, 0.4) is 0 Å². The summed E-state index contributed by atoms with van der Waals surface area (Å²) in [6.45, 7) is 7.70. The average molecular weight is 337 g/mol. The number of fused-ring (bicyclic) bond motifs is 1. The minimum Gasteiger partial charge on any atom is -0.497 e. The van der Waals surface area contributed by atoms with Gasteiger partial charge in [0, 0.05) is 22.9 Å². The molecule has 2 heterocycles. The third-order valence-corrected chi connectivity index (χ3v) is 4.16. The molecule has 25 heavy (non-hydrogen) atoms. The Morgan fingerprint density at radius 1 is 1.12 bits per heavy atom. The number of carbonyl (C=O) groups is 1. The number of aromatic nitrogens is 2. The molecular formula is C20H23N3O2. The first-order valence-corrected chi connectivity index (χ1v) is 8.24.